The normalized spacial score (nSPS) is 11.5. The molecule has 1 aromatic rings. The molecular weight excluding hydrogens is 260 g/mol. The van der Waals surface area contributed by atoms with Crippen molar-refractivity contribution in [2.75, 3.05) is 11.9 Å². The van der Waals surface area contributed by atoms with Gasteiger partial charge in [0.25, 0.3) is 5.91 Å². The summed E-state index contributed by atoms with van der Waals surface area (Å²) in [5.74, 6) is -2.12. The van der Waals surface area contributed by atoms with Crippen molar-refractivity contribution in [3.63, 3.8) is 0 Å². The van der Waals surface area contributed by atoms with Crippen LogP contribution in [-0.4, -0.2) is 29.4 Å². The molecule has 20 heavy (non-hydrogen) atoms. The Balaban J connectivity index is 2.67. The van der Waals surface area contributed by atoms with E-state index in [9.17, 15) is 14.4 Å². The maximum atomic E-state index is 11.9. The summed E-state index contributed by atoms with van der Waals surface area (Å²) < 4.78 is 0. The molecule has 0 fully saturated rings. The van der Waals surface area contributed by atoms with E-state index in [1.807, 2.05) is 0 Å². The summed E-state index contributed by atoms with van der Waals surface area (Å²) in [4.78, 5) is 33.7. The van der Waals surface area contributed by atoms with E-state index in [0.29, 0.717) is 17.7 Å². The molecule has 0 heterocycles. The largest absolute Gasteiger partial charge is 0.481 e. The number of benzene rings is 1. The third kappa shape index (κ3) is 4.72. The quantitative estimate of drug-likeness (QED) is 0.734. The molecule has 0 aliphatic heterocycles. The van der Waals surface area contributed by atoms with Gasteiger partial charge in [0.1, 0.15) is 0 Å². The summed E-state index contributed by atoms with van der Waals surface area (Å²) in [6, 6.07) is 6.46. The van der Waals surface area contributed by atoms with Gasteiger partial charge in [0.2, 0.25) is 5.91 Å². The summed E-state index contributed by atoms with van der Waals surface area (Å²) in [6.07, 6.45) is 0.446. The number of hydrogen-bond acceptors (Lipinski definition) is 3. The van der Waals surface area contributed by atoms with Crippen molar-refractivity contribution in [2.45, 2.75) is 20.3 Å². The molecule has 0 bridgehead atoms. The smallest absolute Gasteiger partial charge is 0.308 e. The summed E-state index contributed by atoms with van der Waals surface area (Å²) in [5.41, 5.74) is 0.895. The maximum Gasteiger partial charge on any atom is 0.308 e. The SMILES string of the molecule is CCC(CNC(=O)c1cccc(NC(C)=O)c1)C(=O)O. The number of carboxylic acid groups (broad SMARTS) is 1. The van der Waals surface area contributed by atoms with Crippen molar-refractivity contribution in [2.24, 2.45) is 5.92 Å². The van der Waals surface area contributed by atoms with Gasteiger partial charge in [0, 0.05) is 24.7 Å². The van der Waals surface area contributed by atoms with Crippen LogP contribution in [0.15, 0.2) is 24.3 Å². The first kappa shape index (κ1) is 15.7. The zero-order chi connectivity index (χ0) is 15.1. The van der Waals surface area contributed by atoms with E-state index in [1.165, 1.54) is 6.92 Å². The summed E-state index contributed by atoms with van der Waals surface area (Å²) in [6.45, 7) is 3.21. The molecule has 3 N–H and O–H groups in total. The molecule has 1 rings (SSSR count). The van der Waals surface area contributed by atoms with Crippen LogP contribution in [0.3, 0.4) is 0 Å². The van der Waals surface area contributed by atoms with E-state index in [2.05, 4.69) is 10.6 Å². The third-order valence-corrected chi connectivity index (χ3v) is 2.80. The van der Waals surface area contributed by atoms with Crippen molar-refractivity contribution >= 4 is 23.5 Å². The number of amides is 2. The Kier molecular flexibility index (Phi) is 5.71. The molecule has 1 unspecified atom stereocenters. The Bertz CT molecular complexity index is 514. The van der Waals surface area contributed by atoms with Gasteiger partial charge in [-0.2, -0.15) is 0 Å². The van der Waals surface area contributed by atoms with Crippen LogP contribution in [0.1, 0.15) is 30.6 Å². The van der Waals surface area contributed by atoms with Gasteiger partial charge in [0.15, 0.2) is 0 Å². The molecule has 1 aromatic carbocycles. The van der Waals surface area contributed by atoms with Crippen molar-refractivity contribution in [1.82, 2.24) is 5.32 Å². The predicted octanol–water partition coefficient (Wildman–Crippen LogP) is 1.49. The Hall–Kier alpha value is -2.37. The maximum absolute atomic E-state index is 11.9. The monoisotopic (exact) mass is 278 g/mol. The predicted molar refractivity (Wildman–Crippen MR) is 74.5 cm³/mol. The minimum absolute atomic E-state index is 0.0784. The van der Waals surface area contributed by atoms with E-state index in [1.54, 1.807) is 31.2 Å². The van der Waals surface area contributed by atoms with E-state index < -0.39 is 11.9 Å². The third-order valence-electron chi connectivity index (χ3n) is 2.80. The molecule has 0 radical (unpaired) electrons. The second-order valence-corrected chi connectivity index (χ2v) is 4.42. The zero-order valence-electron chi connectivity index (χ0n) is 11.5. The lowest BCUT2D eigenvalue weighted by Gasteiger charge is -2.11. The van der Waals surface area contributed by atoms with E-state index in [0.717, 1.165) is 0 Å². The van der Waals surface area contributed by atoms with Crippen LogP contribution in [-0.2, 0) is 9.59 Å². The van der Waals surface area contributed by atoms with Gasteiger partial charge in [-0.1, -0.05) is 13.0 Å². The molecule has 0 aliphatic carbocycles. The van der Waals surface area contributed by atoms with Crippen LogP contribution < -0.4 is 10.6 Å². The van der Waals surface area contributed by atoms with Crippen LogP contribution in [0.2, 0.25) is 0 Å². The first-order chi connectivity index (χ1) is 9.43. The van der Waals surface area contributed by atoms with Gasteiger partial charge >= 0.3 is 5.97 Å². The van der Waals surface area contributed by atoms with Crippen LogP contribution in [0.4, 0.5) is 5.69 Å². The Labute approximate surface area is 117 Å². The minimum atomic E-state index is -0.931. The first-order valence-electron chi connectivity index (χ1n) is 6.32. The molecular formula is C14H18N2O4. The fourth-order valence-corrected chi connectivity index (χ4v) is 1.67. The van der Waals surface area contributed by atoms with Crippen molar-refractivity contribution in [1.29, 1.82) is 0 Å². The zero-order valence-corrected chi connectivity index (χ0v) is 11.5. The van der Waals surface area contributed by atoms with Crippen molar-refractivity contribution in [3.05, 3.63) is 29.8 Å². The number of rotatable bonds is 6. The van der Waals surface area contributed by atoms with Crippen LogP contribution in [0.5, 0.6) is 0 Å². The lowest BCUT2D eigenvalue weighted by atomic mass is 10.1. The lowest BCUT2D eigenvalue weighted by Crippen LogP contribution is -2.32. The summed E-state index contributed by atoms with van der Waals surface area (Å²) in [5, 5.41) is 14.1. The number of carbonyl (C=O) groups is 3. The average molecular weight is 278 g/mol. The van der Waals surface area contributed by atoms with Gasteiger partial charge in [-0.15, -0.1) is 0 Å². The minimum Gasteiger partial charge on any atom is -0.481 e. The highest BCUT2D eigenvalue weighted by Crippen LogP contribution is 2.11. The number of carboxylic acids is 1. The van der Waals surface area contributed by atoms with E-state index in [-0.39, 0.29) is 18.4 Å². The van der Waals surface area contributed by atoms with Gasteiger partial charge in [-0.3, -0.25) is 14.4 Å². The van der Waals surface area contributed by atoms with Crippen LogP contribution in [0.25, 0.3) is 0 Å². The molecule has 108 valence electrons. The molecule has 0 aliphatic rings. The highest BCUT2D eigenvalue weighted by molar-refractivity contribution is 5.96. The molecule has 0 saturated heterocycles. The Morgan fingerprint density at radius 1 is 1.30 bits per heavy atom. The Morgan fingerprint density at radius 2 is 2.00 bits per heavy atom. The molecule has 0 aromatic heterocycles. The summed E-state index contributed by atoms with van der Waals surface area (Å²) >= 11 is 0. The van der Waals surface area contributed by atoms with Crippen molar-refractivity contribution in [3.8, 4) is 0 Å². The van der Waals surface area contributed by atoms with Crippen molar-refractivity contribution < 1.29 is 19.5 Å². The van der Waals surface area contributed by atoms with E-state index >= 15 is 0 Å². The Morgan fingerprint density at radius 3 is 2.55 bits per heavy atom. The molecule has 6 nitrogen and oxygen atoms in total. The fourth-order valence-electron chi connectivity index (χ4n) is 1.67. The standard InChI is InChI=1S/C14H18N2O4/c1-3-10(14(19)20)8-15-13(18)11-5-4-6-12(7-11)16-9(2)17/h4-7,10H,3,8H2,1-2H3,(H,15,18)(H,16,17)(H,19,20). The van der Waals surface area contributed by atoms with Gasteiger partial charge in [0.05, 0.1) is 5.92 Å². The molecule has 6 heteroatoms. The molecule has 0 spiro atoms. The van der Waals surface area contributed by atoms with Crippen LogP contribution in [0, 0.1) is 5.92 Å². The lowest BCUT2D eigenvalue weighted by molar-refractivity contribution is -0.141. The molecule has 2 amide bonds. The van der Waals surface area contributed by atoms with E-state index in [4.69, 9.17) is 5.11 Å². The average Bonchev–Trinajstić information content (AvgIpc) is 2.38. The first-order valence-corrected chi connectivity index (χ1v) is 6.32. The number of nitrogens with one attached hydrogen (secondary N) is 2. The topological polar surface area (TPSA) is 95.5 Å². The number of anilines is 1. The van der Waals surface area contributed by atoms with Gasteiger partial charge in [-0.05, 0) is 24.6 Å². The number of aliphatic carboxylic acids is 1. The fraction of sp³-hybridized carbons (Fsp3) is 0.357. The molecule has 0 saturated carbocycles. The second-order valence-electron chi connectivity index (χ2n) is 4.42. The van der Waals surface area contributed by atoms with Gasteiger partial charge < -0.3 is 15.7 Å². The molecule has 1 atom stereocenters. The number of hydrogen-bond donors (Lipinski definition) is 3. The summed E-state index contributed by atoms with van der Waals surface area (Å²) in [7, 11) is 0. The second kappa shape index (κ2) is 7.28. The highest BCUT2D eigenvalue weighted by Gasteiger charge is 2.16. The van der Waals surface area contributed by atoms with Crippen LogP contribution >= 0.6 is 0 Å². The number of carbonyl (C=O) groups excluding carboxylic acids is 2. The highest BCUT2D eigenvalue weighted by atomic mass is 16.4. The van der Waals surface area contributed by atoms with Gasteiger partial charge in [-0.25, -0.2) is 0 Å².